The first-order valence-corrected chi connectivity index (χ1v) is 5.30. The molecule has 2 heterocycles. The Balaban J connectivity index is 2.14. The Bertz CT molecular complexity index is 494. The summed E-state index contributed by atoms with van der Waals surface area (Å²) in [5.41, 5.74) is 0.853. The van der Waals surface area contributed by atoms with Gasteiger partial charge in [0.2, 0.25) is 0 Å². The molecule has 0 aliphatic heterocycles. The van der Waals surface area contributed by atoms with E-state index in [0.29, 0.717) is 11.6 Å². The molecule has 0 radical (unpaired) electrons. The van der Waals surface area contributed by atoms with E-state index in [2.05, 4.69) is 5.10 Å². The maximum atomic E-state index is 10.4. The van der Waals surface area contributed by atoms with Crippen molar-refractivity contribution in [3.63, 3.8) is 0 Å². The van der Waals surface area contributed by atoms with Crippen LogP contribution in [0.15, 0.2) is 23.8 Å². The van der Waals surface area contributed by atoms with Crippen LogP contribution in [0.5, 0.6) is 0 Å². The Morgan fingerprint density at radius 3 is 3.00 bits per heavy atom. The molecule has 0 unspecified atom stereocenters. The highest BCUT2D eigenvalue weighted by molar-refractivity contribution is 7.13. The van der Waals surface area contributed by atoms with Gasteiger partial charge in [0.05, 0.1) is 22.7 Å². The second kappa shape index (κ2) is 4.00. The summed E-state index contributed by atoms with van der Waals surface area (Å²) in [4.78, 5) is 10.0. The summed E-state index contributed by atoms with van der Waals surface area (Å²) in [6, 6.07) is 1.54. The van der Waals surface area contributed by atoms with E-state index in [0.717, 1.165) is 16.9 Å². The first kappa shape index (κ1) is 10.1. The van der Waals surface area contributed by atoms with E-state index < -0.39 is 4.92 Å². The summed E-state index contributed by atoms with van der Waals surface area (Å²) in [6.07, 6.45) is 3.20. The van der Waals surface area contributed by atoms with Crippen molar-refractivity contribution in [3.05, 3.63) is 44.5 Å². The second-order valence-corrected chi connectivity index (χ2v) is 4.23. The van der Waals surface area contributed by atoms with Crippen LogP contribution in [0.1, 0.15) is 5.56 Å². The van der Waals surface area contributed by atoms with Crippen LogP contribution in [-0.4, -0.2) is 14.7 Å². The highest BCUT2D eigenvalue weighted by Crippen LogP contribution is 2.23. The van der Waals surface area contributed by atoms with Gasteiger partial charge in [-0.2, -0.15) is 5.10 Å². The normalized spacial score (nSPS) is 10.5. The molecule has 2 rings (SSSR count). The van der Waals surface area contributed by atoms with E-state index >= 15 is 0 Å². The molecule has 0 amide bonds. The molecule has 7 heteroatoms. The number of thiophene rings is 1. The molecule has 5 nitrogen and oxygen atoms in total. The lowest BCUT2D eigenvalue weighted by Gasteiger charge is -1.95. The van der Waals surface area contributed by atoms with Gasteiger partial charge in [-0.1, -0.05) is 22.9 Å². The second-order valence-electron chi connectivity index (χ2n) is 2.91. The van der Waals surface area contributed by atoms with Crippen molar-refractivity contribution in [2.75, 3.05) is 0 Å². The molecule has 0 saturated heterocycles. The molecule has 2 aromatic heterocycles. The zero-order chi connectivity index (χ0) is 10.8. The van der Waals surface area contributed by atoms with Crippen molar-refractivity contribution in [2.45, 2.75) is 6.54 Å². The lowest BCUT2D eigenvalue weighted by Crippen LogP contribution is -1.98. The molecule has 2 aromatic rings. The third kappa shape index (κ3) is 2.34. The number of nitrogens with zero attached hydrogens (tertiary/aromatic N) is 3. The molecule has 0 fully saturated rings. The fraction of sp³-hybridized carbons (Fsp3) is 0.125. The third-order valence-electron chi connectivity index (χ3n) is 1.77. The fourth-order valence-corrected chi connectivity index (χ4v) is 2.03. The van der Waals surface area contributed by atoms with Crippen LogP contribution in [-0.2, 0) is 6.54 Å². The third-order valence-corrected chi connectivity index (χ3v) is 2.89. The van der Waals surface area contributed by atoms with Crippen molar-refractivity contribution in [1.82, 2.24) is 9.78 Å². The van der Waals surface area contributed by atoms with E-state index in [1.165, 1.54) is 6.20 Å². The number of hydrogen-bond acceptors (Lipinski definition) is 4. The maximum Gasteiger partial charge on any atom is 0.324 e. The van der Waals surface area contributed by atoms with E-state index in [1.54, 1.807) is 22.3 Å². The van der Waals surface area contributed by atoms with Crippen molar-refractivity contribution >= 4 is 27.9 Å². The van der Waals surface area contributed by atoms with Gasteiger partial charge >= 0.3 is 5.00 Å². The summed E-state index contributed by atoms with van der Waals surface area (Å²) < 4.78 is 1.63. The monoisotopic (exact) mass is 243 g/mol. The summed E-state index contributed by atoms with van der Waals surface area (Å²) >= 11 is 6.80. The summed E-state index contributed by atoms with van der Waals surface area (Å²) in [5, 5.41) is 16.9. The Kier molecular flexibility index (Phi) is 2.70. The van der Waals surface area contributed by atoms with Crippen LogP contribution < -0.4 is 0 Å². The molecule has 0 bridgehead atoms. The van der Waals surface area contributed by atoms with Crippen molar-refractivity contribution in [1.29, 1.82) is 0 Å². The van der Waals surface area contributed by atoms with Crippen molar-refractivity contribution < 1.29 is 4.92 Å². The van der Waals surface area contributed by atoms with Crippen LogP contribution in [0, 0.1) is 10.1 Å². The minimum atomic E-state index is -0.399. The number of halogens is 1. The van der Waals surface area contributed by atoms with E-state index in [-0.39, 0.29) is 5.00 Å². The topological polar surface area (TPSA) is 61.0 Å². The quantitative estimate of drug-likeness (QED) is 0.615. The Hall–Kier alpha value is -1.40. The van der Waals surface area contributed by atoms with E-state index in [9.17, 15) is 10.1 Å². The summed E-state index contributed by atoms with van der Waals surface area (Å²) in [6.45, 7) is 0.497. The number of aromatic nitrogens is 2. The van der Waals surface area contributed by atoms with Crippen molar-refractivity contribution in [3.8, 4) is 0 Å². The minimum Gasteiger partial charge on any atom is -0.267 e. The molecular formula is C8H6ClN3O2S. The predicted molar refractivity (Wildman–Crippen MR) is 57.3 cm³/mol. The first-order valence-electron chi connectivity index (χ1n) is 4.05. The minimum absolute atomic E-state index is 0.142. The lowest BCUT2D eigenvalue weighted by molar-refractivity contribution is -0.380. The molecule has 0 aromatic carbocycles. The fourth-order valence-electron chi connectivity index (χ4n) is 1.15. The Morgan fingerprint density at radius 1 is 1.67 bits per heavy atom. The molecule has 0 N–H and O–H groups in total. The molecule has 0 aliphatic carbocycles. The number of hydrogen-bond donors (Lipinski definition) is 0. The SMILES string of the molecule is O=[N+]([O-])c1cc(Cn2cc(Cl)cn2)cs1. The van der Waals surface area contributed by atoms with Crippen LogP contribution in [0.4, 0.5) is 5.00 Å². The molecule has 78 valence electrons. The largest absolute Gasteiger partial charge is 0.324 e. The molecule has 0 atom stereocenters. The maximum absolute atomic E-state index is 10.4. The smallest absolute Gasteiger partial charge is 0.267 e. The van der Waals surface area contributed by atoms with Crippen LogP contribution in [0.3, 0.4) is 0 Å². The molecule has 15 heavy (non-hydrogen) atoms. The lowest BCUT2D eigenvalue weighted by atomic mass is 10.3. The number of nitro groups is 1. The van der Waals surface area contributed by atoms with Gasteiger partial charge in [0.15, 0.2) is 0 Å². The van der Waals surface area contributed by atoms with Gasteiger partial charge in [-0.15, -0.1) is 0 Å². The average Bonchev–Trinajstić information content (AvgIpc) is 2.76. The molecule has 0 aliphatic rings. The van der Waals surface area contributed by atoms with Gasteiger partial charge in [-0.25, -0.2) is 0 Å². The standard InChI is InChI=1S/C8H6ClN3O2S/c9-7-2-10-11(4-7)3-6-1-8(12(13)14)15-5-6/h1-2,4-5H,3H2. The molecule has 0 spiro atoms. The van der Waals surface area contributed by atoms with Crippen LogP contribution >= 0.6 is 22.9 Å². The zero-order valence-electron chi connectivity index (χ0n) is 7.46. The Morgan fingerprint density at radius 2 is 2.47 bits per heavy atom. The van der Waals surface area contributed by atoms with Crippen molar-refractivity contribution in [2.24, 2.45) is 0 Å². The van der Waals surface area contributed by atoms with Gasteiger partial charge in [-0.3, -0.25) is 14.8 Å². The van der Waals surface area contributed by atoms with Crippen LogP contribution in [0.25, 0.3) is 0 Å². The average molecular weight is 244 g/mol. The molecular weight excluding hydrogens is 238 g/mol. The van der Waals surface area contributed by atoms with Gasteiger partial charge in [-0.05, 0) is 5.56 Å². The van der Waals surface area contributed by atoms with Crippen LogP contribution in [0.2, 0.25) is 5.02 Å². The summed E-state index contributed by atoms with van der Waals surface area (Å²) in [5.74, 6) is 0. The van der Waals surface area contributed by atoms with Gasteiger partial charge in [0.25, 0.3) is 0 Å². The van der Waals surface area contributed by atoms with Gasteiger partial charge < -0.3 is 0 Å². The van der Waals surface area contributed by atoms with E-state index in [1.807, 2.05) is 0 Å². The highest BCUT2D eigenvalue weighted by atomic mass is 35.5. The number of rotatable bonds is 3. The molecule has 0 saturated carbocycles. The first-order chi connectivity index (χ1) is 7.15. The highest BCUT2D eigenvalue weighted by Gasteiger charge is 2.09. The van der Waals surface area contributed by atoms with E-state index in [4.69, 9.17) is 11.6 Å². The Labute approximate surface area is 94.1 Å². The zero-order valence-corrected chi connectivity index (χ0v) is 9.03. The van der Waals surface area contributed by atoms with Gasteiger partial charge in [0, 0.05) is 17.6 Å². The summed E-state index contributed by atoms with van der Waals surface area (Å²) in [7, 11) is 0. The van der Waals surface area contributed by atoms with Gasteiger partial charge in [0.1, 0.15) is 0 Å². The predicted octanol–water partition coefficient (Wildman–Crippen LogP) is 2.55.